The predicted octanol–water partition coefficient (Wildman–Crippen LogP) is 1.40. The molecule has 1 saturated heterocycles. The van der Waals surface area contributed by atoms with Gasteiger partial charge in [0.1, 0.15) is 0 Å². The Balaban J connectivity index is 1.89. The second-order valence-corrected chi connectivity index (χ2v) is 6.28. The quantitative estimate of drug-likeness (QED) is 0.860. The number of anilines is 2. The Bertz CT molecular complexity index is 448. The van der Waals surface area contributed by atoms with E-state index in [4.69, 9.17) is 0 Å². The average Bonchev–Trinajstić information content (AvgIpc) is 2.47. The van der Waals surface area contributed by atoms with E-state index in [0.717, 1.165) is 18.8 Å². The number of quaternary nitrogens is 1. The van der Waals surface area contributed by atoms with Crippen LogP contribution in [0.2, 0.25) is 0 Å². The molecule has 1 aliphatic heterocycles. The van der Waals surface area contributed by atoms with Crippen LogP contribution in [0.1, 0.15) is 27.2 Å². The third kappa shape index (κ3) is 4.74. The monoisotopic (exact) mass is 290 g/mol. The van der Waals surface area contributed by atoms with Crippen molar-refractivity contribution in [2.24, 2.45) is 5.92 Å². The van der Waals surface area contributed by atoms with Crippen LogP contribution < -0.4 is 15.1 Å². The summed E-state index contributed by atoms with van der Waals surface area (Å²) >= 11 is 0. The Morgan fingerprint density at radius 1 is 1.24 bits per heavy atom. The van der Waals surface area contributed by atoms with Crippen molar-refractivity contribution in [2.45, 2.75) is 27.2 Å². The fourth-order valence-electron chi connectivity index (χ4n) is 2.77. The Kier molecular flexibility index (Phi) is 5.62. The molecule has 0 atom stereocenters. The van der Waals surface area contributed by atoms with Gasteiger partial charge in [0, 0.05) is 17.8 Å². The van der Waals surface area contributed by atoms with E-state index in [9.17, 15) is 4.79 Å². The Morgan fingerprint density at radius 2 is 1.86 bits per heavy atom. The van der Waals surface area contributed by atoms with Crippen LogP contribution in [0.5, 0.6) is 0 Å². The zero-order valence-corrected chi connectivity index (χ0v) is 13.5. The number of carbonyl (C=O) groups excluding carboxylic acids is 1. The topological polar surface area (TPSA) is 36.8 Å². The van der Waals surface area contributed by atoms with Crippen LogP contribution in [0.4, 0.5) is 11.4 Å². The first-order valence-electron chi connectivity index (χ1n) is 8.07. The summed E-state index contributed by atoms with van der Waals surface area (Å²) in [4.78, 5) is 15.9. The number of amides is 1. The highest BCUT2D eigenvalue weighted by Crippen LogP contribution is 2.18. The van der Waals surface area contributed by atoms with Gasteiger partial charge in [-0.05, 0) is 37.1 Å². The molecule has 0 bridgehead atoms. The molecule has 2 rings (SSSR count). The normalized spacial score (nSPS) is 16.3. The standard InChI is InChI=1S/C17H27N3O/c1-4-19-9-11-20(12-10-19)16-7-5-15(6-8-16)18-17(21)13-14(2)3/h5-8,14H,4,9-13H2,1-3H3,(H,18,21)/p+1. The summed E-state index contributed by atoms with van der Waals surface area (Å²) in [7, 11) is 0. The zero-order valence-electron chi connectivity index (χ0n) is 13.5. The lowest BCUT2D eigenvalue weighted by Gasteiger charge is -2.33. The van der Waals surface area contributed by atoms with Crippen LogP contribution >= 0.6 is 0 Å². The molecule has 4 heteroatoms. The van der Waals surface area contributed by atoms with Crippen LogP contribution in [0.3, 0.4) is 0 Å². The van der Waals surface area contributed by atoms with Gasteiger partial charge in [-0.2, -0.15) is 0 Å². The summed E-state index contributed by atoms with van der Waals surface area (Å²) in [5, 5.41) is 2.96. The van der Waals surface area contributed by atoms with Crippen molar-refractivity contribution in [1.82, 2.24) is 0 Å². The van der Waals surface area contributed by atoms with E-state index in [1.807, 2.05) is 12.1 Å². The van der Waals surface area contributed by atoms with Crippen molar-refractivity contribution in [3.05, 3.63) is 24.3 Å². The number of likely N-dealkylation sites (N-methyl/N-ethyl adjacent to an activating group) is 1. The molecular weight excluding hydrogens is 262 g/mol. The van der Waals surface area contributed by atoms with Crippen LogP contribution in [-0.2, 0) is 4.79 Å². The summed E-state index contributed by atoms with van der Waals surface area (Å²) < 4.78 is 0. The smallest absolute Gasteiger partial charge is 0.224 e. The fourth-order valence-corrected chi connectivity index (χ4v) is 2.77. The van der Waals surface area contributed by atoms with E-state index in [1.165, 1.54) is 25.3 Å². The fraction of sp³-hybridized carbons (Fsp3) is 0.588. The van der Waals surface area contributed by atoms with Crippen molar-refractivity contribution in [3.63, 3.8) is 0 Å². The molecule has 4 nitrogen and oxygen atoms in total. The molecule has 0 aliphatic carbocycles. The number of nitrogens with one attached hydrogen (secondary N) is 2. The molecule has 1 fully saturated rings. The third-order valence-corrected chi connectivity index (χ3v) is 4.08. The van der Waals surface area contributed by atoms with Gasteiger partial charge in [0.15, 0.2) is 0 Å². The molecule has 0 radical (unpaired) electrons. The molecule has 2 N–H and O–H groups in total. The van der Waals surface area contributed by atoms with E-state index >= 15 is 0 Å². The van der Waals surface area contributed by atoms with Gasteiger partial charge in [-0.3, -0.25) is 4.79 Å². The Hall–Kier alpha value is -1.55. The van der Waals surface area contributed by atoms with Crippen LogP contribution in [0.15, 0.2) is 24.3 Å². The zero-order chi connectivity index (χ0) is 15.2. The molecule has 21 heavy (non-hydrogen) atoms. The number of benzene rings is 1. The molecule has 1 aromatic carbocycles. The summed E-state index contributed by atoms with van der Waals surface area (Å²) in [6.45, 7) is 12.2. The number of piperazine rings is 1. The van der Waals surface area contributed by atoms with Crippen molar-refractivity contribution in [3.8, 4) is 0 Å². The molecule has 116 valence electrons. The minimum absolute atomic E-state index is 0.0953. The van der Waals surface area contributed by atoms with E-state index < -0.39 is 0 Å². The van der Waals surface area contributed by atoms with Gasteiger partial charge >= 0.3 is 0 Å². The minimum Gasteiger partial charge on any atom is -0.360 e. The molecule has 1 amide bonds. The lowest BCUT2D eigenvalue weighted by atomic mass is 10.1. The molecule has 1 aliphatic rings. The number of hydrogen-bond acceptors (Lipinski definition) is 2. The summed E-state index contributed by atoms with van der Waals surface area (Å²) in [5.74, 6) is 0.486. The predicted molar refractivity (Wildman–Crippen MR) is 88.0 cm³/mol. The SMILES string of the molecule is CC[NH+]1CCN(c2ccc(NC(=O)CC(C)C)cc2)CC1. The first kappa shape index (κ1) is 15.8. The molecule has 1 aromatic rings. The first-order chi connectivity index (χ1) is 10.1. The third-order valence-electron chi connectivity index (χ3n) is 4.08. The highest BCUT2D eigenvalue weighted by Gasteiger charge is 2.18. The number of hydrogen-bond donors (Lipinski definition) is 2. The molecule has 1 heterocycles. The van der Waals surface area contributed by atoms with Gasteiger partial charge < -0.3 is 15.1 Å². The van der Waals surface area contributed by atoms with Crippen LogP contribution in [-0.4, -0.2) is 38.6 Å². The van der Waals surface area contributed by atoms with Gasteiger partial charge in [0.2, 0.25) is 5.91 Å². The van der Waals surface area contributed by atoms with Crippen molar-refractivity contribution >= 4 is 17.3 Å². The molecule has 0 saturated carbocycles. The molecule has 0 spiro atoms. The van der Waals surface area contributed by atoms with Crippen molar-refractivity contribution in [2.75, 3.05) is 42.9 Å². The first-order valence-corrected chi connectivity index (χ1v) is 8.07. The van der Waals surface area contributed by atoms with Gasteiger partial charge in [-0.1, -0.05) is 13.8 Å². The van der Waals surface area contributed by atoms with E-state index in [0.29, 0.717) is 12.3 Å². The summed E-state index contributed by atoms with van der Waals surface area (Å²) in [6.07, 6.45) is 0.573. The van der Waals surface area contributed by atoms with Gasteiger partial charge in [-0.15, -0.1) is 0 Å². The molecular formula is C17H28N3O+. The van der Waals surface area contributed by atoms with Gasteiger partial charge in [0.05, 0.1) is 32.7 Å². The summed E-state index contributed by atoms with van der Waals surface area (Å²) in [6, 6.07) is 8.24. The van der Waals surface area contributed by atoms with Crippen LogP contribution in [0, 0.1) is 5.92 Å². The summed E-state index contributed by atoms with van der Waals surface area (Å²) in [5.41, 5.74) is 2.15. The second kappa shape index (κ2) is 7.46. The number of carbonyl (C=O) groups is 1. The maximum absolute atomic E-state index is 11.8. The Morgan fingerprint density at radius 3 is 2.38 bits per heavy atom. The lowest BCUT2D eigenvalue weighted by molar-refractivity contribution is -0.898. The Labute approximate surface area is 128 Å². The highest BCUT2D eigenvalue weighted by molar-refractivity contribution is 5.90. The number of rotatable bonds is 5. The van der Waals surface area contributed by atoms with E-state index in [-0.39, 0.29) is 5.91 Å². The van der Waals surface area contributed by atoms with Crippen molar-refractivity contribution < 1.29 is 9.69 Å². The maximum atomic E-state index is 11.8. The van der Waals surface area contributed by atoms with Gasteiger partial charge in [0.25, 0.3) is 0 Å². The van der Waals surface area contributed by atoms with Crippen LogP contribution in [0.25, 0.3) is 0 Å². The molecule has 0 aromatic heterocycles. The van der Waals surface area contributed by atoms with Crippen molar-refractivity contribution in [1.29, 1.82) is 0 Å². The van der Waals surface area contributed by atoms with E-state index in [1.54, 1.807) is 4.90 Å². The average molecular weight is 290 g/mol. The van der Waals surface area contributed by atoms with E-state index in [2.05, 4.69) is 43.1 Å². The number of nitrogens with zero attached hydrogens (tertiary/aromatic N) is 1. The minimum atomic E-state index is 0.0953. The maximum Gasteiger partial charge on any atom is 0.224 e. The van der Waals surface area contributed by atoms with Gasteiger partial charge in [-0.25, -0.2) is 0 Å². The highest BCUT2D eigenvalue weighted by atomic mass is 16.1. The lowest BCUT2D eigenvalue weighted by Crippen LogP contribution is -3.14. The molecule has 0 unspecified atom stereocenters. The second-order valence-electron chi connectivity index (χ2n) is 6.28. The largest absolute Gasteiger partial charge is 0.360 e.